The molecular formula is C3H5IN2. The third-order valence-corrected chi connectivity index (χ3v) is 0.968. The van der Waals surface area contributed by atoms with Gasteiger partial charge >= 0.3 is 0 Å². The van der Waals surface area contributed by atoms with Crippen molar-refractivity contribution in [3.8, 4) is 0 Å². The van der Waals surface area contributed by atoms with E-state index in [4.69, 9.17) is 11.1 Å². The zero-order valence-corrected chi connectivity index (χ0v) is 5.27. The molecule has 0 radical (unpaired) electrons. The lowest BCUT2D eigenvalue weighted by atomic mass is 10.7. The van der Waals surface area contributed by atoms with E-state index in [0.717, 1.165) is 3.58 Å². The average molecular weight is 196 g/mol. The Kier molecular flexibility index (Phi) is 3.11. The first kappa shape index (κ1) is 5.94. The molecule has 0 bridgehead atoms. The topological polar surface area (TPSA) is 49.9 Å². The van der Waals surface area contributed by atoms with Gasteiger partial charge in [0.25, 0.3) is 0 Å². The van der Waals surface area contributed by atoms with Crippen LogP contribution < -0.4 is 5.73 Å². The SMILES string of the molecule is N=C/C(I)=C\N. The second-order valence-corrected chi connectivity index (χ2v) is 1.94. The maximum absolute atomic E-state index is 6.53. The summed E-state index contributed by atoms with van der Waals surface area (Å²) in [5, 5.41) is 6.53. The molecular weight excluding hydrogens is 191 g/mol. The molecule has 0 unspecified atom stereocenters. The zero-order chi connectivity index (χ0) is 4.99. The van der Waals surface area contributed by atoms with Gasteiger partial charge in [0.15, 0.2) is 0 Å². The highest BCUT2D eigenvalue weighted by molar-refractivity contribution is 14.1. The monoisotopic (exact) mass is 196 g/mol. The predicted octanol–water partition coefficient (Wildman–Crippen LogP) is 0.871. The van der Waals surface area contributed by atoms with Crippen molar-refractivity contribution in [3.63, 3.8) is 0 Å². The van der Waals surface area contributed by atoms with Crippen LogP contribution in [-0.2, 0) is 0 Å². The minimum atomic E-state index is 0.757. The van der Waals surface area contributed by atoms with E-state index in [-0.39, 0.29) is 0 Å². The normalized spacial score (nSPS) is 11.2. The number of halogens is 1. The molecule has 0 aromatic rings. The van der Waals surface area contributed by atoms with E-state index in [1.165, 1.54) is 12.4 Å². The largest absolute Gasteiger partial charge is 0.404 e. The third kappa shape index (κ3) is 2.19. The van der Waals surface area contributed by atoms with Crippen LogP contribution in [0.2, 0.25) is 0 Å². The summed E-state index contributed by atoms with van der Waals surface area (Å²) in [6.45, 7) is 0. The van der Waals surface area contributed by atoms with Crippen LogP contribution in [0.4, 0.5) is 0 Å². The summed E-state index contributed by atoms with van der Waals surface area (Å²) in [4.78, 5) is 0. The first-order valence-corrected chi connectivity index (χ1v) is 2.47. The molecule has 0 aromatic carbocycles. The molecule has 0 saturated carbocycles. The quantitative estimate of drug-likeness (QED) is 0.474. The standard InChI is InChI=1S/C3H5IN2/c4-3(1-5)2-6/h1-2,5H,6H2/b3-2+,5-1?. The Morgan fingerprint density at radius 2 is 2.33 bits per heavy atom. The maximum Gasteiger partial charge on any atom is 0.0460 e. The molecule has 34 valence electrons. The van der Waals surface area contributed by atoms with Crippen molar-refractivity contribution in [3.05, 3.63) is 9.78 Å². The van der Waals surface area contributed by atoms with E-state index < -0.39 is 0 Å². The summed E-state index contributed by atoms with van der Waals surface area (Å²) in [6, 6.07) is 0. The molecule has 3 N–H and O–H groups in total. The molecule has 0 atom stereocenters. The van der Waals surface area contributed by atoms with Gasteiger partial charge in [-0.3, -0.25) is 0 Å². The highest BCUT2D eigenvalue weighted by atomic mass is 127. The van der Waals surface area contributed by atoms with Gasteiger partial charge < -0.3 is 11.1 Å². The van der Waals surface area contributed by atoms with E-state index in [1.54, 1.807) is 0 Å². The van der Waals surface area contributed by atoms with Gasteiger partial charge in [-0.1, -0.05) is 0 Å². The highest BCUT2D eigenvalue weighted by Crippen LogP contribution is 1.95. The van der Waals surface area contributed by atoms with Gasteiger partial charge in [0.1, 0.15) is 0 Å². The molecule has 0 rings (SSSR count). The van der Waals surface area contributed by atoms with E-state index in [9.17, 15) is 0 Å². The van der Waals surface area contributed by atoms with Crippen molar-refractivity contribution in [2.75, 3.05) is 0 Å². The molecule has 0 aliphatic heterocycles. The lowest BCUT2D eigenvalue weighted by Gasteiger charge is -1.74. The number of allylic oxidation sites excluding steroid dienone is 1. The molecule has 0 saturated heterocycles. The van der Waals surface area contributed by atoms with E-state index >= 15 is 0 Å². The highest BCUT2D eigenvalue weighted by Gasteiger charge is 1.72. The number of hydrogen-bond acceptors (Lipinski definition) is 2. The Morgan fingerprint density at radius 1 is 1.83 bits per heavy atom. The molecule has 0 spiro atoms. The number of nitrogens with one attached hydrogen (secondary N) is 1. The van der Waals surface area contributed by atoms with Gasteiger partial charge in [-0.2, -0.15) is 0 Å². The fraction of sp³-hybridized carbons (Fsp3) is 0. The second kappa shape index (κ2) is 3.14. The van der Waals surface area contributed by atoms with Crippen molar-refractivity contribution in [2.45, 2.75) is 0 Å². The minimum absolute atomic E-state index is 0.757. The minimum Gasteiger partial charge on any atom is -0.404 e. The molecule has 3 heteroatoms. The van der Waals surface area contributed by atoms with Gasteiger partial charge in [0, 0.05) is 16.0 Å². The second-order valence-electron chi connectivity index (χ2n) is 0.696. The number of rotatable bonds is 1. The Bertz CT molecular complexity index is 76.9. The average Bonchev–Trinajstić information content (AvgIpc) is 1.65. The van der Waals surface area contributed by atoms with Crippen LogP contribution in [0.5, 0.6) is 0 Å². The van der Waals surface area contributed by atoms with Gasteiger partial charge in [-0.05, 0) is 22.6 Å². The first-order valence-electron chi connectivity index (χ1n) is 1.39. The summed E-state index contributed by atoms with van der Waals surface area (Å²) in [5.41, 5.74) is 4.96. The number of hydrogen-bond donors (Lipinski definition) is 2. The first-order chi connectivity index (χ1) is 2.81. The van der Waals surface area contributed by atoms with Crippen LogP contribution in [0.25, 0.3) is 0 Å². The fourth-order valence-corrected chi connectivity index (χ4v) is 0.0481. The van der Waals surface area contributed by atoms with Gasteiger partial charge in [-0.25, -0.2) is 0 Å². The van der Waals surface area contributed by atoms with Crippen molar-refractivity contribution >= 4 is 28.8 Å². The van der Waals surface area contributed by atoms with Gasteiger partial charge in [0.2, 0.25) is 0 Å². The van der Waals surface area contributed by atoms with Crippen molar-refractivity contribution < 1.29 is 0 Å². The molecule has 0 aliphatic rings. The van der Waals surface area contributed by atoms with Gasteiger partial charge in [-0.15, -0.1) is 0 Å². The maximum atomic E-state index is 6.53. The van der Waals surface area contributed by atoms with Crippen LogP contribution in [0, 0.1) is 5.41 Å². The number of nitrogens with two attached hydrogens (primary N) is 1. The van der Waals surface area contributed by atoms with Crippen molar-refractivity contribution in [1.82, 2.24) is 0 Å². The molecule has 0 aliphatic carbocycles. The Hall–Kier alpha value is -0.0600. The Morgan fingerprint density at radius 3 is 2.33 bits per heavy atom. The summed E-state index contributed by atoms with van der Waals surface area (Å²) in [7, 11) is 0. The fourth-order valence-electron chi connectivity index (χ4n) is 0.0481. The van der Waals surface area contributed by atoms with Crippen LogP contribution in [0.1, 0.15) is 0 Å². The summed E-state index contributed by atoms with van der Waals surface area (Å²) >= 11 is 1.96. The summed E-state index contributed by atoms with van der Waals surface area (Å²) in [5.74, 6) is 0. The van der Waals surface area contributed by atoms with Crippen molar-refractivity contribution in [1.29, 1.82) is 5.41 Å². The van der Waals surface area contributed by atoms with Crippen LogP contribution in [-0.4, -0.2) is 6.21 Å². The van der Waals surface area contributed by atoms with Crippen LogP contribution in [0.3, 0.4) is 0 Å². The van der Waals surface area contributed by atoms with Gasteiger partial charge in [0.05, 0.1) is 0 Å². The molecule has 0 amide bonds. The predicted molar refractivity (Wildman–Crippen MR) is 35.1 cm³/mol. The van der Waals surface area contributed by atoms with Crippen molar-refractivity contribution in [2.24, 2.45) is 5.73 Å². The van der Waals surface area contributed by atoms with E-state index in [1.807, 2.05) is 22.6 Å². The lowest BCUT2D eigenvalue weighted by molar-refractivity contribution is 1.55. The lowest BCUT2D eigenvalue weighted by Crippen LogP contribution is -1.79. The molecule has 0 heterocycles. The molecule has 0 aromatic heterocycles. The summed E-state index contributed by atoms with van der Waals surface area (Å²) in [6.07, 6.45) is 2.58. The molecule has 2 nitrogen and oxygen atoms in total. The van der Waals surface area contributed by atoms with Crippen LogP contribution >= 0.6 is 22.6 Å². The van der Waals surface area contributed by atoms with E-state index in [2.05, 4.69) is 0 Å². The molecule has 0 fully saturated rings. The molecule has 6 heavy (non-hydrogen) atoms. The van der Waals surface area contributed by atoms with E-state index in [0.29, 0.717) is 0 Å². The summed E-state index contributed by atoms with van der Waals surface area (Å²) < 4.78 is 0.757. The third-order valence-electron chi connectivity index (χ3n) is 0.297. The smallest absolute Gasteiger partial charge is 0.0460 e. The Labute approximate surface area is 50.1 Å². The zero-order valence-electron chi connectivity index (χ0n) is 3.11. The van der Waals surface area contributed by atoms with Crippen LogP contribution in [0.15, 0.2) is 9.78 Å². The Balaban J connectivity index is 3.50.